The number of aromatic nitrogens is 4. The first kappa shape index (κ1) is 17.2. The van der Waals surface area contributed by atoms with E-state index < -0.39 is 5.91 Å². The molecule has 0 bridgehead atoms. The minimum absolute atomic E-state index is 0.153. The number of hydrogen-bond donors (Lipinski definition) is 1. The zero-order chi connectivity index (χ0) is 19.0. The smallest absolute Gasteiger partial charge is 0.277 e. The van der Waals surface area contributed by atoms with Gasteiger partial charge in [-0.25, -0.2) is 4.68 Å². The average molecular weight is 368 g/mol. The van der Waals surface area contributed by atoms with Gasteiger partial charge in [-0.15, -0.1) is 0 Å². The Morgan fingerprint density at radius 2 is 1.85 bits per heavy atom. The number of morpholine rings is 1. The number of hydrogen-bond acceptors (Lipinski definition) is 6. The van der Waals surface area contributed by atoms with Crippen LogP contribution in [0.1, 0.15) is 10.5 Å². The van der Waals surface area contributed by atoms with Crippen molar-refractivity contribution in [1.82, 2.24) is 19.6 Å². The van der Waals surface area contributed by atoms with E-state index in [1.54, 1.807) is 4.68 Å². The minimum Gasteiger partial charge on any atom is -0.378 e. The van der Waals surface area contributed by atoms with E-state index >= 15 is 0 Å². The van der Waals surface area contributed by atoms with Gasteiger partial charge in [0.05, 0.1) is 29.8 Å². The Hall–Kier alpha value is -3.20. The van der Waals surface area contributed by atoms with E-state index in [0.29, 0.717) is 19.0 Å². The fraction of sp³-hybridized carbons (Fsp3) is 0.333. The van der Waals surface area contributed by atoms with Gasteiger partial charge >= 0.3 is 0 Å². The van der Waals surface area contributed by atoms with Crippen molar-refractivity contribution in [2.24, 2.45) is 14.1 Å². The molecule has 0 unspecified atom stereocenters. The highest BCUT2D eigenvalue weighted by Crippen LogP contribution is 2.33. The molecule has 1 aromatic carbocycles. The molecule has 1 aliphatic heterocycles. The second-order valence-electron chi connectivity index (χ2n) is 6.38. The first-order valence-electron chi connectivity index (χ1n) is 8.69. The molecular formula is C18H20N6O3. The maximum absolute atomic E-state index is 12.6. The molecule has 0 aliphatic carbocycles. The summed E-state index contributed by atoms with van der Waals surface area (Å²) in [6.07, 6.45) is 0. The lowest BCUT2D eigenvalue weighted by atomic mass is 10.1. The SMILES string of the molecule is Cn1nc(C(=O)Nc2nn(C)c3cccc(N4CCOCC4)c23)ccc1=O. The standard InChI is InChI=1S/C18H20N6O3/c1-22-13-4-3-5-14(24-8-10-27-11-9-24)16(13)17(21-22)19-18(26)12-6-7-15(25)23(2)20-12/h3-7H,8-11H2,1-2H3,(H,19,21,26). The summed E-state index contributed by atoms with van der Waals surface area (Å²) in [6.45, 7) is 2.90. The number of fused-ring (bicyclic) bond motifs is 1. The van der Waals surface area contributed by atoms with E-state index in [4.69, 9.17) is 4.74 Å². The summed E-state index contributed by atoms with van der Waals surface area (Å²) < 4.78 is 8.31. The van der Waals surface area contributed by atoms with E-state index in [9.17, 15) is 9.59 Å². The predicted octanol–water partition coefficient (Wildman–Crippen LogP) is 0.756. The van der Waals surface area contributed by atoms with Crippen LogP contribution in [0.25, 0.3) is 10.9 Å². The van der Waals surface area contributed by atoms with Crippen molar-refractivity contribution in [3.8, 4) is 0 Å². The van der Waals surface area contributed by atoms with Gasteiger partial charge in [-0.2, -0.15) is 10.2 Å². The largest absolute Gasteiger partial charge is 0.378 e. The van der Waals surface area contributed by atoms with Gasteiger partial charge in [-0.3, -0.25) is 14.3 Å². The molecule has 27 heavy (non-hydrogen) atoms. The number of ether oxygens (including phenoxy) is 1. The lowest BCUT2D eigenvalue weighted by Crippen LogP contribution is -2.36. The summed E-state index contributed by atoms with van der Waals surface area (Å²) in [5.74, 6) is 0.0534. The molecule has 1 amide bonds. The molecule has 2 aromatic heterocycles. The number of carbonyl (C=O) groups excluding carboxylic acids is 1. The summed E-state index contributed by atoms with van der Waals surface area (Å²) >= 11 is 0. The third-order valence-corrected chi connectivity index (χ3v) is 4.63. The highest BCUT2D eigenvalue weighted by atomic mass is 16.5. The topological polar surface area (TPSA) is 94.3 Å². The number of nitrogens with zero attached hydrogens (tertiary/aromatic N) is 5. The van der Waals surface area contributed by atoms with Crippen molar-refractivity contribution in [3.05, 3.63) is 46.4 Å². The lowest BCUT2D eigenvalue weighted by molar-refractivity contribution is 0.101. The predicted molar refractivity (Wildman–Crippen MR) is 101 cm³/mol. The van der Waals surface area contributed by atoms with Crippen LogP contribution in [0.4, 0.5) is 11.5 Å². The van der Waals surface area contributed by atoms with Gasteiger partial charge in [-0.05, 0) is 18.2 Å². The highest BCUT2D eigenvalue weighted by molar-refractivity contribution is 6.10. The first-order valence-corrected chi connectivity index (χ1v) is 8.69. The maximum Gasteiger partial charge on any atom is 0.277 e. The van der Waals surface area contributed by atoms with E-state index in [-0.39, 0.29) is 11.3 Å². The molecule has 0 atom stereocenters. The monoisotopic (exact) mass is 368 g/mol. The molecule has 9 heteroatoms. The molecule has 1 fully saturated rings. The Bertz CT molecular complexity index is 1060. The number of amides is 1. The Kier molecular flexibility index (Phi) is 4.36. The number of aryl methyl sites for hydroxylation is 2. The van der Waals surface area contributed by atoms with Crippen LogP contribution >= 0.6 is 0 Å². The molecule has 0 spiro atoms. The van der Waals surface area contributed by atoms with Crippen molar-refractivity contribution in [1.29, 1.82) is 0 Å². The minimum atomic E-state index is -0.414. The molecule has 3 aromatic rings. The van der Waals surface area contributed by atoms with E-state index in [1.165, 1.54) is 19.2 Å². The van der Waals surface area contributed by atoms with Crippen LogP contribution in [0, 0.1) is 0 Å². The van der Waals surface area contributed by atoms with Gasteiger partial charge in [0.1, 0.15) is 5.69 Å². The van der Waals surface area contributed by atoms with Crippen molar-refractivity contribution in [2.75, 3.05) is 36.5 Å². The molecule has 1 N–H and O–H groups in total. The van der Waals surface area contributed by atoms with Crippen LogP contribution in [-0.2, 0) is 18.8 Å². The summed E-state index contributed by atoms with van der Waals surface area (Å²) in [6, 6.07) is 8.69. The van der Waals surface area contributed by atoms with Crippen molar-refractivity contribution in [2.45, 2.75) is 0 Å². The quantitative estimate of drug-likeness (QED) is 0.733. The average Bonchev–Trinajstić information content (AvgIpc) is 3.00. The third-order valence-electron chi connectivity index (χ3n) is 4.63. The lowest BCUT2D eigenvalue weighted by Gasteiger charge is -2.29. The second-order valence-corrected chi connectivity index (χ2v) is 6.38. The summed E-state index contributed by atoms with van der Waals surface area (Å²) in [4.78, 5) is 26.4. The molecule has 140 valence electrons. The molecule has 1 saturated heterocycles. The molecule has 0 radical (unpaired) electrons. The van der Waals surface area contributed by atoms with E-state index in [2.05, 4.69) is 20.4 Å². The van der Waals surface area contributed by atoms with Crippen LogP contribution in [0.2, 0.25) is 0 Å². The van der Waals surface area contributed by atoms with Crippen LogP contribution in [-0.4, -0.2) is 51.8 Å². The Labute approximate surface area is 155 Å². The molecule has 0 saturated carbocycles. The molecule has 3 heterocycles. The van der Waals surface area contributed by atoms with Crippen molar-refractivity contribution >= 4 is 28.3 Å². The fourth-order valence-electron chi connectivity index (χ4n) is 3.24. The van der Waals surface area contributed by atoms with Gasteiger partial charge < -0.3 is 15.0 Å². The van der Waals surface area contributed by atoms with Gasteiger partial charge in [0.2, 0.25) is 0 Å². The summed E-state index contributed by atoms with van der Waals surface area (Å²) in [7, 11) is 3.34. The summed E-state index contributed by atoms with van der Waals surface area (Å²) in [5, 5.41) is 12.2. The zero-order valence-corrected chi connectivity index (χ0v) is 15.2. The van der Waals surface area contributed by atoms with Gasteiger partial charge in [0.15, 0.2) is 5.82 Å². The van der Waals surface area contributed by atoms with Gasteiger partial charge in [0, 0.05) is 33.3 Å². The van der Waals surface area contributed by atoms with E-state index in [1.807, 2.05) is 25.2 Å². The highest BCUT2D eigenvalue weighted by Gasteiger charge is 2.21. The van der Waals surface area contributed by atoms with Crippen LogP contribution in [0.15, 0.2) is 35.1 Å². The Morgan fingerprint density at radius 1 is 1.07 bits per heavy atom. The van der Waals surface area contributed by atoms with Crippen molar-refractivity contribution < 1.29 is 9.53 Å². The van der Waals surface area contributed by atoms with E-state index in [0.717, 1.165) is 34.4 Å². The summed E-state index contributed by atoms with van der Waals surface area (Å²) in [5.41, 5.74) is 1.81. The Morgan fingerprint density at radius 3 is 2.59 bits per heavy atom. The van der Waals surface area contributed by atoms with Crippen LogP contribution in [0.3, 0.4) is 0 Å². The normalized spacial score (nSPS) is 14.5. The maximum atomic E-state index is 12.6. The van der Waals surface area contributed by atoms with Crippen LogP contribution in [0.5, 0.6) is 0 Å². The van der Waals surface area contributed by atoms with Gasteiger partial charge in [-0.1, -0.05) is 6.07 Å². The molecule has 1 aliphatic rings. The number of carbonyl (C=O) groups is 1. The second kappa shape index (κ2) is 6.84. The van der Waals surface area contributed by atoms with Crippen molar-refractivity contribution in [3.63, 3.8) is 0 Å². The number of rotatable bonds is 3. The van der Waals surface area contributed by atoms with Gasteiger partial charge in [0.25, 0.3) is 11.5 Å². The third kappa shape index (κ3) is 3.17. The Balaban J connectivity index is 1.73. The number of anilines is 2. The number of nitrogens with one attached hydrogen (secondary N) is 1. The number of benzene rings is 1. The van der Waals surface area contributed by atoms with Crippen LogP contribution < -0.4 is 15.8 Å². The molecule has 9 nitrogen and oxygen atoms in total. The zero-order valence-electron chi connectivity index (χ0n) is 15.2. The molecular weight excluding hydrogens is 348 g/mol. The first-order chi connectivity index (χ1) is 13.0. The fourth-order valence-corrected chi connectivity index (χ4v) is 3.24. The molecule has 4 rings (SSSR count).